The Labute approximate surface area is 113 Å². The van der Waals surface area contributed by atoms with Gasteiger partial charge in [-0.3, -0.25) is 0 Å². The predicted molar refractivity (Wildman–Crippen MR) is 79.9 cm³/mol. The fourth-order valence-electron chi connectivity index (χ4n) is 2.43. The lowest BCUT2D eigenvalue weighted by molar-refractivity contribution is 0.208. The first kappa shape index (κ1) is 17.8. The number of hydrogen-bond acceptors (Lipinski definition) is 4. The Kier molecular flexibility index (Phi) is 7.37. The Morgan fingerprint density at radius 3 is 1.17 bits per heavy atom. The molecule has 18 heavy (non-hydrogen) atoms. The molecule has 0 aromatic heterocycles. The van der Waals surface area contributed by atoms with E-state index in [1.807, 2.05) is 6.92 Å². The SMILES string of the molecule is CC(C)C(N)C(C)C(N)C(C)C(N)C(C)C(C)N. The van der Waals surface area contributed by atoms with E-state index in [1.54, 1.807) is 0 Å². The van der Waals surface area contributed by atoms with Crippen molar-refractivity contribution < 1.29 is 0 Å². The van der Waals surface area contributed by atoms with Crippen LogP contribution in [0.1, 0.15) is 41.5 Å². The molecule has 0 aromatic carbocycles. The molecule has 0 saturated carbocycles. The van der Waals surface area contributed by atoms with E-state index in [4.69, 9.17) is 22.9 Å². The van der Waals surface area contributed by atoms with Crippen molar-refractivity contribution in [2.45, 2.75) is 65.7 Å². The van der Waals surface area contributed by atoms with Crippen LogP contribution in [-0.2, 0) is 0 Å². The first-order valence-corrected chi connectivity index (χ1v) is 7.13. The molecule has 0 bridgehead atoms. The lowest BCUT2D eigenvalue weighted by Gasteiger charge is -2.37. The Balaban J connectivity index is 4.63. The molecule has 0 radical (unpaired) electrons. The Morgan fingerprint density at radius 1 is 0.500 bits per heavy atom. The molecule has 0 aliphatic heterocycles. The van der Waals surface area contributed by atoms with Crippen LogP contribution in [0.25, 0.3) is 0 Å². The summed E-state index contributed by atoms with van der Waals surface area (Å²) in [6.45, 7) is 12.6. The highest BCUT2D eigenvalue weighted by molar-refractivity contribution is 4.90. The summed E-state index contributed by atoms with van der Waals surface area (Å²) in [6.07, 6.45) is 0. The van der Waals surface area contributed by atoms with E-state index < -0.39 is 0 Å². The van der Waals surface area contributed by atoms with E-state index in [0.29, 0.717) is 5.92 Å². The summed E-state index contributed by atoms with van der Waals surface area (Å²) in [6, 6.07) is 0.226. The van der Waals surface area contributed by atoms with Crippen molar-refractivity contribution in [2.24, 2.45) is 46.6 Å². The first-order valence-electron chi connectivity index (χ1n) is 7.13. The van der Waals surface area contributed by atoms with Gasteiger partial charge in [0.1, 0.15) is 0 Å². The standard InChI is InChI=1S/C14H34N4/c1-7(2)12(16)9(4)14(18)10(5)13(17)8(3)11(6)15/h7-14H,15-18H2,1-6H3. The van der Waals surface area contributed by atoms with Gasteiger partial charge in [0.2, 0.25) is 0 Å². The van der Waals surface area contributed by atoms with Gasteiger partial charge in [-0.1, -0.05) is 34.6 Å². The van der Waals surface area contributed by atoms with Crippen molar-refractivity contribution in [1.82, 2.24) is 0 Å². The minimum Gasteiger partial charge on any atom is -0.328 e. The fourth-order valence-corrected chi connectivity index (χ4v) is 2.43. The molecule has 0 saturated heterocycles. The van der Waals surface area contributed by atoms with E-state index in [0.717, 1.165) is 0 Å². The second-order valence-electron chi connectivity index (χ2n) is 6.41. The average molecular weight is 258 g/mol. The van der Waals surface area contributed by atoms with Crippen LogP contribution in [0, 0.1) is 23.7 Å². The topological polar surface area (TPSA) is 104 Å². The monoisotopic (exact) mass is 258 g/mol. The summed E-state index contributed by atoms with van der Waals surface area (Å²) < 4.78 is 0. The van der Waals surface area contributed by atoms with E-state index in [-0.39, 0.29) is 41.9 Å². The van der Waals surface area contributed by atoms with E-state index in [2.05, 4.69) is 34.6 Å². The zero-order valence-electron chi connectivity index (χ0n) is 12.9. The molecule has 7 unspecified atom stereocenters. The molecular formula is C14H34N4. The van der Waals surface area contributed by atoms with Crippen LogP contribution in [-0.4, -0.2) is 24.2 Å². The molecular weight excluding hydrogens is 224 g/mol. The average Bonchev–Trinajstić information content (AvgIpc) is 2.32. The lowest BCUT2D eigenvalue weighted by atomic mass is 9.76. The third kappa shape index (κ3) is 4.50. The van der Waals surface area contributed by atoms with Crippen LogP contribution in [0.3, 0.4) is 0 Å². The molecule has 110 valence electrons. The lowest BCUT2D eigenvalue weighted by Crippen LogP contribution is -2.54. The number of rotatable bonds is 7. The summed E-state index contributed by atoms with van der Waals surface area (Å²) in [5.74, 6) is 1.16. The molecule has 0 aliphatic rings. The zero-order valence-corrected chi connectivity index (χ0v) is 12.9. The van der Waals surface area contributed by atoms with Gasteiger partial charge in [-0.05, 0) is 30.6 Å². The highest BCUT2D eigenvalue weighted by atomic mass is 14.8. The van der Waals surface area contributed by atoms with Crippen molar-refractivity contribution in [1.29, 1.82) is 0 Å². The Hall–Kier alpha value is -0.160. The van der Waals surface area contributed by atoms with E-state index in [9.17, 15) is 0 Å². The maximum absolute atomic E-state index is 6.34. The quantitative estimate of drug-likeness (QED) is 0.544. The third-order valence-electron chi connectivity index (χ3n) is 4.63. The molecule has 4 nitrogen and oxygen atoms in total. The normalized spacial score (nSPS) is 24.2. The highest BCUT2D eigenvalue weighted by Gasteiger charge is 2.32. The molecule has 0 aromatic rings. The number of hydrogen-bond donors (Lipinski definition) is 4. The van der Waals surface area contributed by atoms with Crippen LogP contribution in [0.15, 0.2) is 0 Å². The van der Waals surface area contributed by atoms with Crippen LogP contribution in [0.5, 0.6) is 0 Å². The van der Waals surface area contributed by atoms with Crippen molar-refractivity contribution >= 4 is 0 Å². The minimum absolute atomic E-state index is 0.0126. The predicted octanol–water partition coefficient (Wildman–Crippen LogP) is 0.880. The van der Waals surface area contributed by atoms with Gasteiger partial charge in [0.15, 0.2) is 0 Å². The molecule has 8 N–H and O–H groups in total. The second kappa shape index (κ2) is 7.43. The summed E-state index contributed by atoms with van der Waals surface area (Å²) in [4.78, 5) is 0. The summed E-state index contributed by atoms with van der Waals surface area (Å²) >= 11 is 0. The van der Waals surface area contributed by atoms with Gasteiger partial charge in [0.25, 0.3) is 0 Å². The third-order valence-corrected chi connectivity index (χ3v) is 4.63. The largest absolute Gasteiger partial charge is 0.328 e. The van der Waals surface area contributed by atoms with Crippen molar-refractivity contribution in [2.75, 3.05) is 0 Å². The van der Waals surface area contributed by atoms with Gasteiger partial charge in [0, 0.05) is 24.2 Å². The molecule has 7 atom stereocenters. The van der Waals surface area contributed by atoms with E-state index >= 15 is 0 Å². The van der Waals surface area contributed by atoms with Gasteiger partial charge in [-0.25, -0.2) is 0 Å². The van der Waals surface area contributed by atoms with Gasteiger partial charge in [-0.15, -0.1) is 0 Å². The zero-order chi connectivity index (χ0) is 14.6. The second-order valence-corrected chi connectivity index (χ2v) is 6.41. The maximum atomic E-state index is 6.34. The minimum atomic E-state index is 0.0126. The van der Waals surface area contributed by atoms with Crippen molar-refractivity contribution in [3.8, 4) is 0 Å². The fraction of sp³-hybridized carbons (Fsp3) is 1.00. The Bertz CT molecular complexity index is 206. The van der Waals surface area contributed by atoms with Crippen LogP contribution in [0.4, 0.5) is 0 Å². The molecule has 0 spiro atoms. The summed E-state index contributed by atoms with van der Waals surface area (Å²) in [5, 5.41) is 0. The van der Waals surface area contributed by atoms with Gasteiger partial charge in [-0.2, -0.15) is 0 Å². The maximum Gasteiger partial charge on any atom is 0.0120 e. The highest BCUT2D eigenvalue weighted by Crippen LogP contribution is 2.23. The number of nitrogens with two attached hydrogens (primary N) is 4. The molecule has 4 heteroatoms. The van der Waals surface area contributed by atoms with Gasteiger partial charge >= 0.3 is 0 Å². The van der Waals surface area contributed by atoms with Crippen LogP contribution < -0.4 is 22.9 Å². The summed E-state index contributed by atoms with van der Waals surface area (Å²) in [7, 11) is 0. The van der Waals surface area contributed by atoms with Gasteiger partial charge < -0.3 is 22.9 Å². The molecule has 0 rings (SSSR count). The molecule has 0 aliphatic carbocycles. The van der Waals surface area contributed by atoms with Crippen molar-refractivity contribution in [3.63, 3.8) is 0 Å². The van der Waals surface area contributed by atoms with E-state index in [1.165, 1.54) is 0 Å². The molecule has 0 heterocycles. The van der Waals surface area contributed by atoms with Gasteiger partial charge in [0.05, 0.1) is 0 Å². The summed E-state index contributed by atoms with van der Waals surface area (Å²) in [5.41, 5.74) is 24.7. The van der Waals surface area contributed by atoms with Crippen molar-refractivity contribution in [3.05, 3.63) is 0 Å². The smallest absolute Gasteiger partial charge is 0.0120 e. The Morgan fingerprint density at radius 2 is 0.833 bits per heavy atom. The molecule has 0 fully saturated rings. The first-order chi connectivity index (χ1) is 8.11. The van der Waals surface area contributed by atoms with Crippen LogP contribution >= 0.6 is 0 Å². The van der Waals surface area contributed by atoms with Crippen LogP contribution in [0.2, 0.25) is 0 Å². The molecule has 0 amide bonds.